The van der Waals surface area contributed by atoms with Crippen LogP contribution in [0.5, 0.6) is 11.5 Å². The van der Waals surface area contributed by atoms with E-state index in [1.165, 1.54) is 12.1 Å². The standard InChI is InChI=1S/C20H25FN2O3/c1-13(2)20(14-5-7-15(21)8-6-14)22-12-19(24)23-17-10-9-16(25-3)11-18(17)26-4/h5-11,13,20,22H,12H2,1-4H3,(H,23,24)/p+1/t20-/m0/s1. The largest absolute Gasteiger partial charge is 0.497 e. The van der Waals surface area contributed by atoms with Crippen molar-refractivity contribution in [2.24, 2.45) is 5.92 Å². The number of benzene rings is 2. The van der Waals surface area contributed by atoms with Crippen LogP contribution in [-0.2, 0) is 4.79 Å². The predicted octanol–water partition coefficient (Wildman–Crippen LogP) is 2.74. The maximum absolute atomic E-state index is 13.1. The molecule has 5 nitrogen and oxygen atoms in total. The summed E-state index contributed by atoms with van der Waals surface area (Å²) in [4.78, 5) is 12.4. The van der Waals surface area contributed by atoms with Crippen LogP contribution in [0.3, 0.4) is 0 Å². The third-order valence-corrected chi connectivity index (χ3v) is 4.21. The molecule has 0 heterocycles. The maximum Gasteiger partial charge on any atom is 0.279 e. The fourth-order valence-corrected chi connectivity index (χ4v) is 2.82. The van der Waals surface area contributed by atoms with Crippen LogP contribution in [0, 0.1) is 11.7 Å². The lowest BCUT2D eigenvalue weighted by atomic mass is 9.96. The Bertz CT molecular complexity index is 732. The highest BCUT2D eigenvalue weighted by Crippen LogP contribution is 2.28. The van der Waals surface area contributed by atoms with Crippen LogP contribution in [0.4, 0.5) is 10.1 Å². The fraction of sp³-hybridized carbons (Fsp3) is 0.350. The molecule has 0 bridgehead atoms. The zero-order chi connectivity index (χ0) is 19.1. The molecule has 1 amide bonds. The first kappa shape index (κ1) is 19.7. The molecule has 0 aromatic heterocycles. The van der Waals surface area contributed by atoms with Crippen molar-refractivity contribution in [3.63, 3.8) is 0 Å². The second-order valence-electron chi connectivity index (χ2n) is 6.38. The van der Waals surface area contributed by atoms with Gasteiger partial charge in [-0.25, -0.2) is 4.39 Å². The van der Waals surface area contributed by atoms with E-state index in [4.69, 9.17) is 9.47 Å². The Balaban J connectivity index is 2.01. The minimum absolute atomic E-state index is 0.0686. The number of carbonyl (C=O) groups excluding carboxylic acids is 1. The lowest BCUT2D eigenvalue weighted by Crippen LogP contribution is -2.88. The average Bonchev–Trinajstić information content (AvgIpc) is 2.63. The average molecular weight is 361 g/mol. The Hall–Kier alpha value is -2.60. The normalized spacial score (nSPS) is 11.9. The van der Waals surface area contributed by atoms with Gasteiger partial charge in [0.2, 0.25) is 0 Å². The Morgan fingerprint density at radius 2 is 1.81 bits per heavy atom. The Labute approximate surface area is 153 Å². The molecular formula is C20H26FN2O3+. The van der Waals surface area contributed by atoms with Gasteiger partial charge in [0.05, 0.1) is 19.9 Å². The number of anilines is 1. The van der Waals surface area contributed by atoms with E-state index in [-0.39, 0.29) is 24.3 Å². The number of hydrogen-bond donors (Lipinski definition) is 2. The van der Waals surface area contributed by atoms with Crippen molar-refractivity contribution in [1.82, 2.24) is 0 Å². The molecule has 2 aromatic rings. The molecule has 0 spiro atoms. The van der Waals surface area contributed by atoms with Crippen LogP contribution < -0.4 is 20.1 Å². The van der Waals surface area contributed by atoms with Crippen molar-refractivity contribution in [2.45, 2.75) is 19.9 Å². The number of quaternary nitrogens is 1. The van der Waals surface area contributed by atoms with Crippen LogP contribution >= 0.6 is 0 Å². The molecule has 0 aliphatic heterocycles. The molecule has 0 saturated carbocycles. The minimum atomic E-state index is -0.263. The molecule has 2 aromatic carbocycles. The minimum Gasteiger partial charge on any atom is -0.497 e. The molecule has 6 heteroatoms. The van der Waals surface area contributed by atoms with E-state index in [9.17, 15) is 9.18 Å². The van der Waals surface area contributed by atoms with Gasteiger partial charge in [-0.3, -0.25) is 4.79 Å². The van der Waals surface area contributed by atoms with Crippen LogP contribution in [0.25, 0.3) is 0 Å². The van der Waals surface area contributed by atoms with Gasteiger partial charge < -0.3 is 20.1 Å². The van der Waals surface area contributed by atoms with Crippen LogP contribution in [-0.4, -0.2) is 26.7 Å². The highest BCUT2D eigenvalue weighted by molar-refractivity contribution is 5.93. The summed E-state index contributed by atoms with van der Waals surface area (Å²) in [5, 5.41) is 4.82. The summed E-state index contributed by atoms with van der Waals surface area (Å²) >= 11 is 0. The summed E-state index contributed by atoms with van der Waals surface area (Å²) in [6.45, 7) is 4.40. The smallest absolute Gasteiger partial charge is 0.279 e. The molecule has 0 unspecified atom stereocenters. The zero-order valence-corrected chi connectivity index (χ0v) is 15.6. The van der Waals surface area contributed by atoms with Crippen LogP contribution in [0.15, 0.2) is 42.5 Å². The molecule has 2 rings (SSSR count). The number of nitrogens with two attached hydrogens (primary N) is 1. The third-order valence-electron chi connectivity index (χ3n) is 4.21. The second kappa shape index (κ2) is 9.20. The van der Waals surface area contributed by atoms with Crippen molar-refractivity contribution < 1.29 is 24.0 Å². The van der Waals surface area contributed by atoms with Gasteiger partial charge in [-0.1, -0.05) is 26.0 Å². The van der Waals surface area contributed by atoms with E-state index in [1.54, 1.807) is 44.6 Å². The number of hydrogen-bond acceptors (Lipinski definition) is 3. The molecular weight excluding hydrogens is 335 g/mol. The Morgan fingerprint density at radius 1 is 1.12 bits per heavy atom. The van der Waals surface area contributed by atoms with Gasteiger partial charge in [-0.05, 0) is 24.3 Å². The van der Waals surface area contributed by atoms with E-state index in [2.05, 4.69) is 19.2 Å². The molecule has 26 heavy (non-hydrogen) atoms. The number of amides is 1. The molecule has 140 valence electrons. The first-order valence-corrected chi connectivity index (χ1v) is 8.55. The van der Waals surface area contributed by atoms with E-state index in [0.717, 1.165) is 5.56 Å². The number of halogens is 1. The SMILES string of the molecule is COc1ccc(NC(=O)C[NH2+][C@H](c2ccc(F)cc2)C(C)C)c(OC)c1. The number of nitrogens with one attached hydrogen (secondary N) is 1. The summed E-state index contributed by atoms with van der Waals surface area (Å²) in [5.41, 5.74) is 1.59. The number of carbonyl (C=O) groups is 1. The van der Waals surface area contributed by atoms with Gasteiger partial charge in [0.1, 0.15) is 23.4 Å². The van der Waals surface area contributed by atoms with Crippen molar-refractivity contribution in [3.8, 4) is 11.5 Å². The Morgan fingerprint density at radius 3 is 2.38 bits per heavy atom. The van der Waals surface area contributed by atoms with Gasteiger partial charge in [0.15, 0.2) is 6.54 Å². The molecule has 0 fully saturated rings. The monoisotopic (exact) mass is 361 g/mol. The van der Waals surface area contributed by atoms with Gasteiger partial charge in [0.25, 0.3) is 5.91 Å². The van der Waals surface area contributed by atoms with Crippen molar-refractivity contribution >= 4 is 11.6 Å². The summed E-state index contributed by atoms with van der Waals surface area (Å²) in [6, 6.07) is 11.7. The first-order chi connectivity index (χ1) is 12.4. The number of rotatable bonds is 8. The second-order valence-corrected chi connectivity index (χ2v) is 6.38. The Kier molecular flexibility index (Phi) is 6.97. The van der Waals surface area contributed by atoms with Crippen molar-refractivity contribution in [1.29, 1.82) is 0 Å². The molecule has 1 atom stereocenters. The summed E-state index contributed by atoms with van der Waals surface area (Å²) in [7, 11) is 3.11. The van der Waals surface area contributed by atoms with E-state index in [0.29, 0.717) is 23.1 Å². The first-order valence-electron chi connectivity index (χ1n) is 8.55. The van der Waals surface area contributed by atoms with Crippen molar-refractivity contribution in [3.05, 3.63) is 53.8 Å². The molecule has 0 saturated heterocycles. The molecule has 3 N–H and O–H groups in total. The summed E-state index contributed by atoms with van der Waals surface area (Å²) < 4.78 is 23.6. The summed E-state index contributed by atoms with van der Waals surface area (Å²) in [6.07, 6.45) is 0. The lowest BCUT2D eigenvalue weighted by molar-refractivity contribution is -0.692. The van der Waals surface area contributed by atoms with Gasteiger partial charge in [-0.15, -0.1) is 0 Å². The summed E-state index contributed by atoms with van der Waals surface area (Å²) in [5.74, 6) is 1.09. The zero-order valence-electron chi connectivity index (χ0n) is 15.6. The predicted molar refractivity (Wildman–Crippen MR) is 98.9 cm³/mol. The quantitative estimate of drug-likeness (QED) is 0.760. The van der Waals surface area contributed by atoms with E-state index in [1.807, 2.05) is 5.32 Å². The van der Waals surface area contributed by atoms with Gasteiger partial charge in [0, 0.05) is 17.5 Å². The van der Waals surface area contributed by atoms with E-state index < -0.39 is 0 Å². The lowest BCUT2D eigenvalue weighted by Gasteiger charge is -2.19. The third kappa shape index (κ3) is 5.20. The molecule has 0 aliphatic carbocycles. The topological polar surface area (TPSA) is 64.2 Å². The molecule has 0 aliphatic rings. The number of ether oxygens (including phenoxy) is 2. The highest BCUT2D eigenvalue weighted by atomic mass is 19.1. The maximum atomic E-state index is 13.1. The van der Waals surface area contributed by atoms with E-state index >= 15 is 0 Å². The highest BCUT2D eigenvalue weighted by Gasteiger charge is 2.21. The fourth-order valence-electron chi connectivity index (χ4n) is 2.82. The van der Waals surface area contributed by atoms with Crippen LogP contribution in [0.1, 0.15) is 25.5 Å². The van der Waals surface area contributed by atoms with Gasteiger partial charge in [-0.2, -0.15) is 0 Å². The van der Waals surface area contributed by atoms with Crippen LogP contribution in [0.2, 0.25) is 0 Å². The van der Waals surface area contributed by atoms with Gasteiger partial charge >= 0.3 is 0 Å². The van der Waals surface area contributed by atoms with Crippen molar-refractivity contribution in [2.75, 3.05) is 26.1 Å². The number of methoxy groups -OCH3 is 2. The molecule has 0 radical (unpaired) electrons.